The van der Waals surface area contributed by atoms with Crippen molar-refractivity contribution < 1.29 is 4.79 Å². The van der Waals surface area contributed by atoms with E-state index < -0.39 is 0 Å². The molecule has 2 atom stereocenters. The number of nitrogens with one attached hydrogen (secondary N) is 4. The lowest BCUT2D eigenvalue weighted by molar-refractivity contribution is -0.116. The Morgan fingerprint density at radius 3 is 2.81 bits per heavy atom. The van der Waals surface area contributed by atoms with Crippen molar-refractivity contribution in [3.05, 3.63) is 35.8 Å². The molecule has 26 heavy (non-hydrogen) atoms. The molecule has 3 heterocycles. The number of hydrogen-bond acceptors (Lipinski definition) is 5. The van der Waals surface area contributed by atoms with Crippen molar-refractivity contribution in [1.82, 2.24) is 20.8 Å². The number of fused-ring (bicyclic) bond motifs is 1. The predicted octanol–water partition coefficient (Wildman–Crippen LogP) is 3.51. The Morgan fingerprint density at radius 1 is 1.23 bits per heavy atom. The first-order valence-electron chi connectivity index (χ1n) is 8.95. The summed E-state index contributed by atoms with van der Waals surface area (Å²) in [5.41, 5.74) is 9.49. The van der Waals surface area contributed by atoms with E-state index in [0.29, 0.717) is 29.6 Å². The number of H-pyrrole nitrogens is 1. The van der Waals surface area contributed by atoms with Gasteiger partial charge in [0.05, 0.1) is 5.69 Å². The molecular weight excluding hydrogens is 346 g/mol. The van der Waals surface area contributed by atoms with Crippen LogP contribution in [0.25, 0.3) is 22.2 Å². The molecule has 2 aromatic heterocycles. The van der Waals surface area contributed by atoms with Gasteiger partial charge in [-0.05, 0) is 32.3 Å². The molecule has 2 unspecified atom stereocenters. The summed E-state index contributed by atoms with van der Waals surface area (Å²) in [4.78, 5) is 20.2. The number of anilines is 1. The first kappa shape index (κ1) is 17.2. The fourth-order valence-electron chi connectivity index (χ4n) is 3.63. The number of benzene rings is 1. The number of hydrazine groups is 1. The van der Waals surface area contributed by atoms with Gasteiger partial charge in [-0.25, -0.2) is 4.98 Å². The minimum atomic E-state index is 0.0242. The van der Waals surface area contributed by atoms with Gasteiger partial charge in [0, 0.05) is 46.5 Å². The summed E-state index contributed by atoms with van der Waals surface area (Å²) >= 11 is 1.46. The molecule has 1 aliphatic rings. The third-order valence-corrected chi connectivity index (χ3v) is 5.90. The van der Waals surface area contributed by atoms with Crippen LogP contribution in [0, 0.1) is 5.92 Å². The van der Waals surface area contributed by atoms with Crippen LogP contribution >= 0.6 is 11.3 Å². The molecule has 0 saturated carbocycles. The number of nitrogens with zero attached hydrogens (tertiary/aromatic N) is 1. The monoisotopic (exact) mass is 369 g/mol. The Hall–Kier alpha value is -2.22. The summed E-state index contributed by atoms with van der Waals surface area (Å²) in [6.07, 6.45) is 3.33. The second kappa shape index (κ2) is 7.19. The molecule has 7 heteroatoms. The molecule has 0 bridgehead atoms. The van der Waals surface area contributed by atoms with E-state index >= 15 is 0 Å². The first-order valence-corrected chi connectivity index (χ1v) is 9.82. The standard InChI is InChI=1S/C19H23N5OS/c1-11-13(12(2)24-23-11)7-8-18(25)22-19-21-17(10-26-19)15-9-20-16-6-4-3-5-14(15)16/h3-6,9-13,20,23-24H,7-8H2,1-2H3,(H,21,22,25). The smallest absolute Gasteiger partial charge is 0.226 e. The first-order chi connectivity index (χ1) is 12.6. The van der Waals surface area contributed by atoms with E-state index in [2.05, 4.69) is 46.1 Å². The quantitative estimate of drug-likeness (QED) is 0.555. The molecule has 1 saturated heterocycles. The maximum Gasteiger partial charge on any atom is 0.226 e. The van der Waals surface area contributed by atoms with Crippen LogP contribution in [0.4, 0.5) is 5.13 Å². The number of carbonyl (C=O) groups excluding carboxylic acids is 1. The molecule has 0 aliphatic carbocycles. The van der Waals surface area contributed by atoms with Crippen molar-refractivity contribution in [2.75, 3.05) is 5.32 Å². The number of aromatic amines is 1. The average Bonchev–Trinajstić information content (AvgIpc) is 3.33. The number of amides is 1. The number of para-hydroxylation sites is 1. The van der Waals surface area contributed by atoms with Crippen molar-refractivity contribution in [3.8, 4) is 11.3 Å². The lowest BCUT2D eigenvalue weighted by atomic mass is 9.91. The lowest BCUT2D eigenvalue weighted by Gasteiger charge is -2.16. The van der Waals surface area contributed by atoms with Crippen LogP contribution in [0.3, 0.4) is 0 Å². The molecule has 0 radical (unpaired) electrons. The van der Waals surface area contributed by atoms with Crippen LogP contribution in [-0.2, 0) is 4.79 Å². The van der Waals surface area contributed by atoms with Crippen molar-refractivity contribution in [1.29, 1.82) is 0 Å². The van der Waals surface area contributed by atoms with E-state index in [0.717, 1.165) is 28.6 Å². The molecule has 1 amide bonds. The molecule has 136 valence electrons. The molecular formula is C19H23N5OS. The lowest BCUT2D eigenvalue weighted by Crippen LogP contribution is -2.30. The Morgan fingerprint density at radius 2 is 2.00 bits per heavy atom. The van der Waals surface area contributed by atoms with E-state index in [4.69, 9.17) is 0 Å². The van der Waals surface area contributed by atoms with Crippen LogP contribution in [0.15, 0.2) is 35.8 Å². The van der Waals surface area contributed by atoms with Gasteiger partial charge in [0.2, 0.25) is 5.91 Å². The van der Waals surface area contributed by atoms with E-state index in [1.54, 1.807) is 0 Å². The SMILES string of the molecule is CC1NNC(C)C1CCC(=O)Nc1nc(-c2c[nH]c3ccccc23)cs1. The number of thiazole rings is 1. The fourth-order valence-corrected chi connectivity index (χ4v) is 4.35. The highest BCUT2D eigenvalue weighted by molar-refractivity contribution is 7.14. The zero-order chi connectivity index (χ0) is 18.1. The highest BCUT2D eigenvalue weighted by Gasteiger charge is 2.29. The maximum absolute atomic E-state index is 12.3. The maximum atomic E-state index is 12.3. The minimum absolute atomic E-state index is 0.0242. The highest BCUT2D eigenvalue weighted by Crippen LogP contribution is 2.31. The van der Waals surface area contributed by atoms with Crippen molar-refractivity contribution >= 4 is 33.3 Å². The van der Waals surface area contributed by atoms with Gasteiger partial charge >= 0.3 is 0 Å². The average molecular weight is 369 g/mol. The van der Waals surface area contributed by atoms with E-state index in [1.807, 2.05) is 29.8 Å². The topological polar surface area (TPSA) is 81.8 Å². The summed E-state index contributed by atoms with van der Waals surface area (Å²) in [6, 6.07) is 8.90. The van der Waals surface area contributed by atoms with Gasteiger partial charge in [0.1, 0.15) is 0 Å². The van der Waals surface area contributed by atoms with Crippen molar-refractivity contribution in [3.63, 3.8) is 0 Å². The van der Waals surface area contributed by atoms with Crippen LogP contribution in [0.5, 0.6) is 0 Å². The van der Waals surface area contributed by atoms with Gasteiger partial charge in [-0.1, -0.05) is 18.2 Å². The highest BCUT2D eigenvalue weighted by atomic mass is 32.1. The zero-order valence-corrected chi connectivity index (χ0v) is 15.7. The Balaban J connectivity index is 1.40. The molecule has 1 aromatic carbocycles. The molecule has 4 rings (SSSR count). The van der Waals surface area contributed by atoms with Gasteiger partial charge in [-0.2, -0.15) is 0 Å². The van der Waals surface area contributed by atoms with Crippen LogP contribution < -0.4 is 16.2 Å². The summed E-state index contributed by atoms with van der Waals surface area (Å²) in [6.45, 7) is 4.29. The fraction of sp³-hybridized carbons (Fsp3) is 0.368. The van der Waals surface area contributed by atoms with E-state index in [1.165, 1.54) is 11.3 Å². The zero-order valence-electron chi connectivity index (χ0n) is 14.9. The minimum Gasteiger partial charge on any atom is -0.360 e. The molecule has 1 fully saturated rings. The van der Waals surface area contributed by atoms with Crippen LogP contribution in [0.1, 0.15) is 26.7 Å². The number of rotatable bonds is 5. The Labute approximate surface area is 156 Å². The largest absolute Gasteiger partial charge is 0.360 e. The Kier molecular flexibility index (Phi) is 4.76. The number of aromatic nitrogens is 2. The summed E-state index contributed by atoms with van der Waals surface area (Å²) in [7, 11) is 0. The normalized spacial score (nSPS) is 22.8. The van der Waals surface area contributed by atoms with Gasteiger partial charge in [-0.15, -0.1) is 11.3 Å². The second-order valence-electron chi connectivity index (χ2n) is 6.90. The van der Waals surface area contributed by atoms with Gasteiger partial charge in [-0.3, -0.25) is 15.6 Å². The molecule has 4 N–H and O–H groups in total. The molecule has 6 nitrogen and oxygen atoms in total. The summed E-state index contributed by atoms with van der Waals surface area (Å²) in [5.74, 6) is 0.481. The molecule has 0 spiro atoms. The third kappa shape index (κ3) is 3.38. The van der Waals surface area contributed by atoms with Gasteiger partial charge < -0.3 is 10.3 Å². The molecule has 1 aliphatic heterocycles. The predicted molar refractivity (Wildman–Crippen MR) is 106 cm³/mol. The van der Waals surface area contributed by atoms with Crippen molar-refractivity contribution in [2.24, 2.45) is 5.92 Å². The van der Waals surface area contributed by atoms with E-state index in [-0.39, 0.29) is 5.91 Å². The third-order valence-electron chi connectivity index (χ3n) is 5.14. The number of carbonyl (C=O) groups is 1. The summed E-state index contributed by atoms with van der Waals surface area (Å²) in [5, 5.41) is 6.72. The van der Waals surface area contributed by atoms with Crippen LogP contribution in [0.2, 0.25) is 0 Å². The van der Waals surface area contributed by atoms with Gasteiger partial charge in [0.15, 0.2) is 5.13 Å². The molecule has 3 aromatic rings. The Bertz CT molecular complexity index is 907. The van der Waals surface area contributed by atoms with Crippen LogP contribution in [-0.4, -0.2) is 28.0 Å². The van der Waals surface area contributed by atoms with Crippen molar-refractivity contribution in [2.45, 2.75) is 38.8 Å². The van der Waals surface area contributed by atoms with Gasteiger partial charge in [0.25, 0.3) is 0 Å². The number of hydrogen-bond donors (Lipinski definition) is 4. The second-order valence-corrected chi connectivity index (χ2v) is 7.76. The summed E-state index contributed by atoms with van der Waals surface area (Å²) < 4.78 is 0. The van der Waals surface area contributed by atoms with E-state index in [9.17, 15) is 4.79 Å².